The summed E-state index contributed by atoms with van der Waals surface area (Å²) in [5, 5.41) is 2.28. The van der Waals surface area contributed by atoms with Gasteiger partial charge >= 0.3 is 12.1 Å². The number of hydrogen-bond acceptors (Lipinski definition) is 3. The Bertz CT molecular complexity index is 379. The van der Waals surface area contributed by atoms with E-state index in [9.17, 15) is 18.0 Å². The van der Waals surface area contributed by atoms with Gasteiger partial charge in [-0.15, -0.1) is 0 Å². The van der Waals surface area contributed by atoms with Crippen molar-refractivity contribution in [3.8, 4) is 0 Å². The van der Waals surface area contributed by atoms with Crippen molar-refractivity contribution in [2.75, 3.05) is 11.9 Å². The van der Waals surface area contributed by atoms with E-state index in [1.807, 2.05) is 0 Å². The number of halogens is 3. The molecule has 0 aliphatic rings. The van der Waals surface area contributed by atoms with Gasteiger partial charge in [0.05, 0.1) is 13.0 Å². The summed E-state index contributed by atoms with van der Waals surface area (Å²) in [7, 11) is 0. The van der Waals surface area contributed by atoms with Crippen LogP contribution >= 0.6 is 0 Å². The Labute approximate surface area is 103 Å². The second-order valence-electron chi connectivity index (χ2n) is 3.61. The second kappa shape index (κ2) is 6.28. The number of ether oxygens (including phenoxy) is 1. The van der Waals surface area contributed by atoms with Gasteiger partial charge in [-0.05, 0) is 19.1 Å². The highest BCUT2D eigenvalue weighted by Crippen LogP contribution is 2.26. The van der Waals surface area contributed by atoms with E-state index < -0.39 is 24.6 Å². The van der Waals surface area contributed by atoms with Crippen LogP contribution in [0.1, 0.15) is 13.3 Å². The molecule has 0 unspecified atom stereocenters. The van der Waals surface area contributed by atoms with Crippen LogP contribution in [0.3, 0.4) is 0 Å². The van der Waals surface area contributed by atoms with Gasteiger partial charge in [0.2, 0.25) is 0 Å². The maximum Gasteiger partial charge on any atom is 0.409 e. The van der Waals surface area contributed by atoms with E-state index >= 15 is 0 Å². The van der Waals surface area contributed by atoms with Crippen molar-refractivity contribution in [2.24, 2.45) is 0 Å². The number of rotatable bonds is 5. The van der Waals surface area contributed by atoms with Gasteiger partial charge in [0, 0.05) is 5.69 Å². The Morgan fingerprint density at radius 1 is 1.33 bits per heavy atom. The zero-order chi connectivity index (χ0) is 13.6. The summed E-state index contributed by atoms with van der Waals surface area (Å²) in [6.45, 7) is 1.61. The molecule has 0 saturated carbocycles. The Hall–Kier alpha value is -1.72. The lowest BCUT2D eigenvalue weighted by Crippen LogP contribution is -2.38. The second-order valence-corrected chi connectivity index (χ2v) is 3.61. The van der Waals surface area contributed by atoms with Gasteiger partial charge in [-0.3, -0.25) is 4.79 Å². The molecule has 1 atom stereocenters. The molecular formula is C12H14F3NO2. The average molecular weight is 261 g/mol. The Balaban J connectivity index is 2.71. The lowest BCUT2D eigenvalue weighted by molar-refractivity contribution is -0.161. The van der Waals surface area contributed by atoms with Crippen LogP contribution in [0.5, 0.6) is 0 Å². The van der Waals surface area contributed by atoms with Gasteiger partial charge in [-0.2, -0.15) is 13.2 Å². The predicted molar refractivity (Wildman–Crippen MR) is 61.2 cm³/mol. The van der Waals surface area contributed by atoms with Crippen molar-refractivity contribution >= 4 is 11.7 Å². The first kappa shape index (κ1) is 14.3. The average Bonchev–Trinajstić information content (AvgIpc) is 2.28. The highest BCUT2D eigenvalue weighted by molar-refractivity contribution is 5.71. The van der Waals surface area contributed by atoms with E-state index in [2.05, 4.69) is 10.1 Å². The van der Waals surface area contributed by atoms with E-state index in [0.717, 1.165) is 0 Å². The molecule has 1 rings (SSSR count). The van der Waals surface area contributed by atoms with Crippen molar-refractivity contribution < 1.29 is 22.7 Å². The highest BCUT2D eigenvalue weighted by atomic mass is 19.4. The van der Waals surface area contributed by atoms with Crippen LogP contribution in [0, 0.1) is 0 Å². The zero-order valence-corrected chi connectivity index (χ0v) is 9.83. The number of carbonyl (C=O) groups excluding carboxylic acids is 1. The minimum absolute atomic E-state index is 0.0642. The summed E-state index contributed by atoms with van der Waals surface area (Å²) < 4.78 is 42.7. The van der Waals surface area contributed by atoms with E-state index in [1.165, 1.54) is 12.1 Å². The molecule has 3 nitrogen and oxygen atoms in total. The molecule has 0 aromatic heterocycles. The number of alkyl halides is 3. The molecule has 18 heavy (non-hydrogen) atoms. The number of carbonyl (C=O) groups is 1. The largest absolute Gasteiger partial charge is 0.466 e. The summed E-state index contributed by atoms with van der Waals surface area (Å²) in [5.74, 6) is -0.872. The van der Waals surface area contributed by atoms with Crippen LogP contribution in [0.4, 0.5) is 18.9 Å². The fraction of sp³-hybridized carbons (Fsp3) is 0.417. The van der Waals surface area contributed by atoms with Crippen LogP contribution in [0.2, 0.25) is 0 Å². The van der Waals surface area contributed by atoms with Gasteiger partial charge < -0.3 is 10.1 Å². The number of nitrogens with one attached hydrogen (secondary N) is 1. The van der Waals surface area contributed by atoms with Gasteiger partial charge in [0.1, 0.15) is 6.04 Å². The van der Waals surface area contributed by atoms with Crippen LogP contribution in [-0.2, 0) is 9.53 Å². The first-order chi connectivity index (χ1) is 8.43. The summed E-state index contributed by atoms with van der Waals surface area (Å²) >= 11 is 0. The molecule has 0 spiro atoms. The lowest BCUT2D eigenvalue weighted by atomic mass is 10.2. The monoisotopic (exact) mass is 261 g/mol. The molecule has 1 aromatic carbocycles. The third-order valence-corrected chi connectivity index (χ3v) is 2.19. The molecule has 100 valence electrons. The molecule has 0 saturated heterocycles. The van der Waals surface area contributed by atoms with Gasteiger partial charge in [-0.25, -0.2) is 0 Å². The maximum absolute atomic E-state index is 12.7. The fourth-order valence-electron chi connectivity index (χ4n) is 1.37. The normalized spacial score (nSPS) is 12.9. The fourth-order valence-corrected chi connectivity index (χ4v) is 1.37. The Morgan fingerprint density at radius 2 is 1.94 bits per heavy atom. The standard InChI is InChI=1S/C12H14F3NO2/c1-2-18-11(17)8-10(12(13,14)15)16-9-6-4-3-5-7-9/h3-7,10,16H,2,8H2,1H3/t10-/m0/s1. The highest BCUT2D eigenvalue weighted by Gasteiger charge is 2.41. The molecule has 0 aliphatic carbocycles. The number of hydrogen-bond donors (Lipinski definition) is 1. The van der Waals surface area contributed by atoms with Gasteiger partial charge in [0.15, 0.2) is 0 Å². The molecule has 0 radical (unpaired) electrons. The van der Waals surface area contributed by atoms with Crippen molar-refractivity contribution in [2.45, 2.75) is 25.6 Å². The lowest BCUT2D eigenvalue weighted by Gasteiger charge is -2.21. The van der Waals surface area contributed by atoms with Crippen molar-refractivity contribution in [3.63, 3.8) is 0 Å². The molecule has 0 bridgehead atoms. The zero-order valence-electron chi connectivity index (χ0n) is 9.83. The van der Waals surface area contributed by atoms with Crippen LogP contribution in [0.25, 0.3) is 0 Å². The van der Waals surface area contributed by atoms with Crippen molar-refractivity contribution in [3.05, 3.63) is 30.3 Å². The molecule has 6 heteroatoms. The van der Waals surface area contributed by atoms with Gasteiger partial charge in [0.25, 0.3) is 0 Å². The predicted octanol–water partition coefficient (Wildman–Crippen LogP) is 2.98. The molecular weight excluding hydrogens is 247 g/mol. The third kappa shape index (κ3) is 4.65. The third-order valence-electron chi connectivity index (χ3n) is 2.19. The first-order valence-corrected chi connectivity index (χ1v) is 5.47. The van der Waals surface area contributed by atoms with E-state index in [-0.39, 0.29) is 6.61 Å². The summed E-state index contributed by atoms with van der Waals surface area (Å²) in [6, 6.07) is 5.98. The molecule has 0 aliphatic heterocycles. The Morgan fingerprint density at radius 3 is 2.44 bits per heavy atom. The summed E-state index contributed by atoms with van der Waals surface area (Å²) in [4.78, 5) is 11.1. The van der Waals surface area contributed by atoms with E-state index in [1.54, 1.807) is 25.1 Å². The number of benzene rings is 1. The van der Waals surface area contributed by atoms with Crippen molar-refractivity contribution in [1.82, 2.24) is 0 Å². The van der Waals surface area contributed by atoms with E-state index in [0.29, 0.717) is 5.69 Å². The van der Waals surface area contributed by atoms with Crippen LogP contribution in [0.15, 0.2) is 30.3 Å². The maximum atomic E-state index is 12.7. The smallest absolute Gasteiger partial charge is 0.409 e. The SMILES string of the molecule is CCOC(=O)C[C@H](Nc1ccccc1)C(F)(F)F. The van der Waals surface area contributed by atoms with E-state index in [4.69, 9.17) is 0 Å². The van der Waals surface area contributed by atoms with Crippen LogP contribution in [-0.4, -0.2) is 24.8 Å². The minimum atomic E-state index is -4.51. The molecule has 0 fully saturated rings. The number of anilines is 1. The molecule has 0 heterocycles. The van der Waals surface area contributed by atoms with Gasteiger partial charge in [-0.1, -0.05) is 18.2 Å². The van der Waals surface area contributed by atoms with Crippen molar-refractivity contribution in [1.29, 1.82) is 0 Å². The molecule has 1 aromatic rings. The minimum Gasteiger partial charge on any atom is -0.466 e. The molecule has 0 amide bonds. The topological polar surface area (TPSA) is 38.3 Å². The van der Waals surface area contributed by atoms with Crippen LogP contribution < -0.4 is 5.32 Å². The number of para-hydroxylation sites is 1. The summed E-state index contributed by atoms with van der Waals surface area (Å²) in [5.41, 5.74) is 0.309. The quantitative estimate of drug-likeness (QED) is 0.828. The molecule has 1 N–H and O–H groups in total. The first-order valence-electron chi connectivity index (χ1n) is 5.47. The number of esters is 1. The summed E-state index contributed by atoms with van der Waals surface area (Å²) in [6.07, 6.45) is -5.26. The Kier molecular flexibility index (Phi) is 5.00.